The molecular formula is C21H28N4O3S2. The second kappa shape index (κ2) is 8.74. The van der Waals surface area contributed by atoms with Crippen molar-refractivity contribution in [2.45, 2.75) is 51.4 Å². The average Bonchev–Trinajstić information content (AvgIpc) is 3.31. The number of carbonyl (C=O) groups excluding carboxylic acids is 1. The van der Waals surface area contributed by atoms with Crippen LogP contribution in [0, 0.1) is 0 Å². The summed E-state index contributed by atoms with van der Waals surface area (Å²) in [5.74, 6) is -0.0198. The van der Waals surface area contributed by atoms with Crippen LogP contribution in [0.15, 0.2) is 35.8 Å². The molecule has 1 fully saturated rings. The molecule has 1 saturated heterocycles. The Labute approximate surface area is 182 Å². The third-order valence-electron chi connectivity index (χ3n) is 5.99. The molecule has 3 heterocycles. The third-order valence-corrected chi connectivity index (χ3v) is 8.12. The predicted molar refractivity (Wildman–Crippen MR) is 119 cm³/mol. The highest BCUT2D eigenvalue weighted by Crippen LogP contribution is 2.33. The molecule has 2 aliphatic heterocycles. The molecule has 2 atom stereocenters. The van der Waals surface area contributed by atoms with E-state index in [1.54, 1.807) is 33.7 Å². The fraction of sp³-hybridized carbons (Fsp3) is 0.524. The quantitative estimate of drug-likeness (QED) is 0.722. The summed E-state index contributed by atoms with van der Waals surface area (Å²) >= 11 is 1.61. The highest BCUT2D eigenvalue weighted by molar-refractivity contribution is 7.88. The van der Waals surface area contributed by atoms with Crippen molar-refractivity contribution in [1.29, 1.82) is 0 Å². The number of hydrogen-bond donors (Lipinski definition) is 0. The van der Waals surface area contributed by atoms with E-state index in [0.717, 1.165) is 29.1 Å². The molecule has 0 spiro atoms. The van der Waals surface area contributed by atoms with Gasteiger partial charge in [0.1, 0.15) is 5.01 Å². The number of thiazole rings is 1. The van der Waals surface area contributed by atoms with E-state index >= 15 is 0 Å². The number of para-hydroxylation sites is 1. The molecular weight excluding hydrogens is 420 g/mol. The lowest BCUT2D eigenvalue weighted by molar-refractivity contribution is -0.116. The second-order valence-electron chi connectivity index (χ2n) is 8.16. The smallest absolute Gasteiger partial charge is 0.223 e. The highest BCUT2D eigenvalue weighted by atomic mass is 32.2. The van der Waals surface area contributed by atoms with Gasteiger partial charge < -0.3 is 4.90 Å². The van der Waals surface area contributed by atoms with Gasteiger partial charge in [0, 0.05) is 55.9 Å². The summed E-state index contributed by atoms with van der Waals surface area (Å²) in [4.78, 5) is 21.0. The van der Waals surface area contributed by atoms with E-state index in [4.69, 9.17) is 0 Å². The zero-order valence-corrected chi connectivity index (χ0v) is 19.0. The summed E-state index contributed by atoms with van der Waals surface area (Å²) in [5.41, 5.74) is 1.99. The molecule has 9 heteroatoms. The molecule has 1 aromatic heterocycles. The van der Waals surface area contributed by atoms with Gasteiger partial charge in [0.25, 0.3) is 0 Å². The van der Waals surface area contributed by atoms with Crippen molar-refractivity contribution >= 4 is 33.0 Å². The maximum Gasteiger partial charge on any atom is 0.223 e. The number of hydrogen-bond acceptors (Lipinski definition) is 6. The van der Waals surface area contributed by atoms with Crippen molar-refractivity contribution in [3.05, 3.63) is 46.4 Å². The van der Waals surface area contributed by atoms with Gasteiger partial charge in [-0.25, -0.2) is 13.4 Å². The van der Waals surface area contributed by atoms with Crippen molar-refractivity contribution in [3.8, 4) is 0 Å². The summed E-state index contributed by atoms with van der Waals surface area (Å²) in [7, 11) is -3.34. The molecule has 1 amide bonds. The Bertz CT molecular complexity index is 993. The summed E-state index contributed by atoms with van der Waals surface area (Å²) in [5, 5.41) is 2.97. The molecule has 2 aromatic rings. The fourth-order valence-corrected chi connectivity index (χ4v) is 6.93. The Morgan fingerprint density at radius 2 is 1.97 bits per heavy atom. The number of aromatic nitrogens is 1. The van der Waals surface area contributed by atoms with E-state index in [9.17, 15) is 13.2 Å². The molecule has 2 bridgehead atoms. The van der Waals surface area contributed by atoms with Crippen molar-refractivity contribution in [1.82, 2.24) is 14.2 Å². The van der Waals surface area contributed by atoms with E-state index in [2.05, 4.69) is 16.0 Å². The zero-order chi connectivity index (χ0) is 21.3. The van der Waals surface area contributed by atoms with Crippen LogP contribution < -0.4 is 4.90 Å². The lowest BCUT2D eigenvalue weighted by atomic mass is 10.1. The first-order chi connectivity index (χ1) is 14.3. The van der Waals surface area contributed by atoms with Crippen LogP contribution in [0.5, 0.6) is 0 Å². The van der Waals surface area contributed by atoms with Gasteiger partial charge in [-0.15, -0.1) is 11.3 Å². The largest absolute Gasteiger partial charge is 0.312 e. The number of amides is 1. The molecule has 0 aliphatic carbocycles. The number of benzene rings is 1. The van der Waals surface area contributed by atoms with Gasteiger partial charge in [0.15, 0.2) is 0 Å². The van der Waals surface area contributed by atoms with Crippen molar-refractivity contribution < 1.29 is 13.2 Å². The number of nitrogens with zero attached hydrogens (tertiary/aromatic N) is 4. The van der Waals surface area contributed by atoms with Gasteiger partial charge in [-0.2, -0.15) is 4.31 Å². The van der Waals surface area contributed by atoms with Gasteiger partial charge in [0.05, 0.1) is 12.8 Å². The van der Waals surface area contributed by atoms with Crippen LogP contribution in [0.25, 0.3) is 0 Å². The van der Waals surface area contributed by atoms with Crippen molar-refractivity contribution in [2.24, 2.45) is 0 Å². The molecule has 1 aromatic carbocycles. The van der Waals surface area contributed by atoms with Crippen LogP contribution in [-0.2, 0) is 27.9 Å². The van der Waals surface area contributed by atoms with Crippen molar-refractivity contribution in [2.75, 3.05) is 24.2 Å². The van der Waals surface area contributed by atoms with E-state index in [1.165, 1.54) is 6.26 Å². The third kappa shape index (κ3) is 4.59. The monoisotopic (exact) mass is 448 g/mol. The molecule has 162 valence electrons. The molecule has 30 heavy (non-hydrogen) atoms. The van der Waals surface area contributed by atoms with E-state index in [1.807, 2.05) is 23.6 Å². The number of rotatable bonds is 3. The van der Waals surface area contributed by atoms with Crippen LogP contribution in [0.3, 0.4) is 0 Å². The van der Waals surface area contributed by atoms with Gasteiger partial charge in [-0.05, 0) is 30.9 Å². The second-order valence-corrected chi connectivity index (χ2v) is 11.0. The topological polar surface area (TPSA) is 73.8 Å². The maximum absolute atomic E-state index is 12.7. The van der Waals surface area contributed by atoms with Crippen LogP contribution in [-0.4, -0.2) is 59.9 Å². The van der Waals surface area contributed by atoms with Crippen LogP contribution in [0.1, 0.15) is 36.8 Å². The van der Waals surface area contributed by atoms with E-state index in [0.29, 0.717) is 32.6 Å². The number of sulfonamides is 1. The highest BCUT2D eigenvalue weighted by Gasteiger charge is 2.40. The first-order valence-corrected chi connectivity index (χ1v) is 13.0. The number of anilines is 1. The lowest BCUT2D eigenvalue weighted by Crippen LogP contribution is -2.46. The Morgan fingerprint density at radius 1 is 1.20 bits per heavy atom. The molecule has 0 N–H and O–H groups in total. The summed E-state index contributed by atoms with van der Waals surface area (Å²) in [6.07, 6.45) is 5.42. The van der Waals surface area contributed by atoms with E-state index in [-0.39, 0.29) is 18.0 Å². The Morgan fingerprint density at radius 3 is 2.67 bits per heavy atom. The molecule has 4 rings (SSSR count). The minimum Gasteiger partial charge on any atom is -0.312 e. The number of carbonyl (C=O) groups is 1. The minimum atomic E-state index is -3.34. The summed E-state index contributed by atoms with van der Waals surface area (Å²) in [6, 6.07) is 7.87. The van der Waals surface area contributed by atoms with E-state index < -0.39 is 10.0 Å². The van der Waals surface area contributed by atoms with Gasteiger partial charge >= 0.3 is 0 Å². The SMILES string of the molecule is CC(=O)N1CC[C@H]2CC[C@@H](CN(Cc3nccs3)Cc3ccccc31)N2S(C)(=O)=O. The first-order valence-electron chi connectivity index (χ1n) is 10.3. The lowest BCUT2D eigenvalue weighted by Gasteiger charge is -2.31. The normalized spacial score (nSPS) is 23.7. The standard InChI is InChI=1S/C21H28N4O3S2/c1-16(26)24-11-9-18-7-8-19(25(18)30(2,27)28)14-23(15-21-22-10-12-29-21)13-17-5-3-4-6-20(17)24/h3-6,10,12,18-19H,7-9,11,13-15H2,1-2H3/t18-,19+/m1/s1. The zero-order valence-electron chi connectivity index (χ0n) is 17.4. The maximum atomic E-state index is 12.7. The first kappa shape index (κ1) is 21.4. The van der Waals surface area contributed by atoms with Gasteiger partial charge in [-0.3, -0.25) is 9.69 Å². The molecule has 0 saturated carbocycles. The summed E-state index contributed by atoms with van der Waals surface area (Å²) in [6.45, 7) is 4.04. The Balaban J connectivity index is 1.75. The Hall–Kier alpha value is -1.81. The van der Waals surface area contributed by atoms with Crippen LogP contribution in [0.4, 0.5) is 5.69 Å². The molecule has 2 aliphatic rings. The molecule has 0 radical (unpaired) electrons. The molecule has 7 nitrogen and oxygen atoms in total. The summed E-state index contributed by atoms with van der Waals surface area (Å²) < 4.78 is 27.0. The number of fused-ring (bicyclic) bond motifs is 3. The van der Waals surface area contributed by atoms with Crippen LogP contribution >= 0.6 is 11.3 Å². The van der Waals surface area contributed by atoms with Gasteiger partial charge in [0.2, 0.25) is 15.9 Å². The van der Waals surface area contributed by atoms with Gasteiger partial charge in [-0.1, -0.05) is 18.2 Å². The minimum absolute atomic E-state index is 0.0198. The fourth-order valence-electron chi connectivity index (χ4n) is 4.80. The Kier molecular flexibility index (Phi) is 6.24. The van der Waals surface area contributed by atoms with Crippen molar-refractivity contribution in [3.63, 3.8) is 0 Å². The predicted octanol–water partition coefficient (Wildman–Crippen LogP) is 2.69. The average molecular weight is 449 g/mol. The molecule has 0 unspecified atom stereocenters. The van der Waals surface area contributed by atoms with Crippen LogP contribution in [0.2, 0.25) is 0 Å².